The van der Waals surface area contributed by atoms with Crippen LogP contribution in [0, 0.1) is 0 Å². The lowest BCUT2D eigenvalue weighted by Crippen LogP contribution is -2.52. The van der Waals surface area contributed by atoms with Crippen molar-refractivity contribution in [1.82, 2.24) is 9.88 Å². The van der Waals surface area contributed by atoms with Crippen molar-refractivity contribution in [2.45, 2.75) is 73.3 Å². The summed E-state index contributed by atoms with van der Waals surface area (Å²) in [5, 5.41) is 49.0. The summed E-state index contributed by atoms with van der Waals surface area (Å²) >= 11 is 8.05. The third-order valence-corrected chi connectivity index (χ3v) is 9.45. The van der Waals surface area contributed by atoms with Gasteiger partial charge < -0.3 is 39.9 Å². The first-order valence-corrected chi connectivity index (χ1v) is 16.3. The van der Waals surface area contributed by atoms with Gasteiger partial charge in [-0.15, -0.1) is 11.8 Å². The topological polar surface area (TPSA) is 153 Å². The Kier molecular flexibility index (Phi) is 11.0. The van der Waals surface area contributed by atoms with E-state index < -0.39 is 42.5 Å². The molecule has 12 heteroatoms. The number of benzene rings is 2. The average molecular weight is 659 g/mol. The van der Waals surface area contributed by atoms with Crippen LogP contribution in [-0.4, -0.2) is 97.8 Å². The maximum atomic E-state index is 12.5. The highest BCUT2D eigenvalue weighted by atomic mass is 35.5. The Balaban J connectivity index is 1.20. The Morgan fingerprint density at radius 3 is 2.56 bits per heavy atom. The highest BCUT2D eigenvalue weighted by Crippen LogP contribution is 2.53. The molecule has 0 spiro atoms. The molecule has 5 N–H and O–H groups in total. The van der Waals surface area contributed by atoms with Gasteiger partial charge in [0.1, 0.15) is 24.1 Å². The zero-order valence-electron chi connectivity index (χ0n) is 25.0. The molecule has 5 rings (SSSR count). The maximum absolute atomic E-state index is 12.5. The second kappa shape index (κ2) is 14.8. The number of aliphatic hydroxyl groups excluding tert-OH is 5. The van der Waals surface area contributed by atoms with Gasteiger partial charge in [-0.25, -0.2) is 0 Å². The van der Waals surface area contributed by atoms with Crippen LogP contribution in [0.4, 0.5) is 0 Å². The highest BCUT2D eigenvalue weighted by molar-refractivity contribution is 7.99. The molecule has 2 saturated carbocycles. The summed E-state index contributed by atoms with van der Waals surface area (Å²) in [5.41, 5.74) is 3.45. The molecule has 1 heterocycles. The highest BCUT2D eigenvalue weighted by Gasteiger charge is 2.48. The molecule has 10 nitrogen and oxygen atoms in total. The van der Waals surface area contributed by atoms with Crippen LogP contribution in [0.1, 0.15) is 36.8 Å². The molecule has 2 aliphatic rings. The van der Waals surface area contributed by atoms with Gasteiger partial charge >= 0.3 is 0 Å². The van der Waals surface area contributed by atoms with Crippen LogP contribution in [0.15, 0.2) is 65.8 Å². The Bertz CT molecular complexity index is 1470. The van der Waals surface area contributed by atoms with Crippen LogP contribution in [0.25, 0.3) is 11.1 Å². The quantitative estimate of drug-likeness (QED) is 0.145. The van der Waals surface area contributed by atoms with E-state index in [4.69, 9.17) is 26.2 Å². The molecule has 2 aromatic carbocycles. The van der Waals surface area contributed by atoms with Crippen LogP contribution in [0.3, 0.4) is 0 Å². The van der Waals surface area contributed by atoms with E-state index in [-0.39, 0.29) is 12.6 Å². The minimum atomic E-state index is -1.95. The molecule has 1 aromatic heterocycles. The number of aliphatic hydroxyl groups is 5. The normalized spacial score (nSPS) is 18.1. The van der Waals surface area contributed by atoms with Gasteiger partial charge in [-0.1, -0.05) is 29.8 Å². The standard InChI is InChI=1S/C33H39ClN2O8S/c1-36(32(42)31(41)30(40)29(39)27(38)18-37)14-15-45-22-8-9-26(34)20(16-22)19-43-33(11-12-33)25-17-35-13-10-23(25)24-4-2-3-5-28(24)44-21-6-7-21/h2-5,8-10,13,16-17,21,27,29-31,37-41H,6-7,11-12,14-15,18-19H2,1H3/t27-,29+,30-,31-/m0/s1. The number of halogens is 1. The molecule has 0 aliphatic heterocycles. The predicted octanol–water partition coefficient (Wildman–Crippen LogP) is 3.14. The summed E-state index contributed by atoms with van der Waals surface area (Å²) < 4.78 is 12.8. The van der Waals surface area contributed by atoms with Crippen molar-refractivity contribution in [3.63, 3.8) is 0 Å². The Morgan fingerprint density at radius 1 is 1.09 bits per heavy atom. The van der Waals surface area contributed by atoms with Crippen molar-refractivity contribution in [3.8, 4) is 16.9 Å². The van der Waals surface area contributed by atoms with Gasteiger partial charge in [0, 0.05) is 52.8 Å². The first kappa shape index (κ1) is 33.6. The van der Waals surface area contributed by atoms with E-state index in [0.29, 0.717) is 17.4 Å². The first-order chi connectivity index (χ1) is 21.6. The summed E-state index contributed by atoms with van der Waals surface area (Å²) in [6, 6.07) is 15.7. The van der Waals surface area contributed by atoms with Crippen molar-refractivity contribution < 1.29 is 39.8 Å². The number of hydrogen-bond acceptors (Lipinski definition) is 10. The molecule has 4 atom stereocenters. The van der Waals surface area contributed by atoms with E-state index >= 15 is 0 Å². The van der Waals surface area contributed by atoms with E-state index in [1.165, 1.54) is 23.7 Å². The fourth-order valence-corrected chi connectivity index (χ4v) is 6.19. The summed E-state index contributed by atoms with van der Waals surface area (Å²) in [6.45, 7) is -0.291. The largest absolute Gasteiger partial charge is 0.490 e. The van der Waals surface area contributed by atoms with Crippen molar-refractivity contribution >= 4 is 29.3 Å². The smallest absolute Gasteiger partial charge is 0.253 e. The number of amides is 1. The number of carbonyl (C=O) groups excluding carboxylic acids is 1. The number of likely N-dealkylation sites (N-methyl/N-ethyl adjacent to an activating group) is 1. The molecular formula is C33H39ClN2O8S. The molecule has 3 aromatic rings. The van der Waals surface area contributed by atoms with Crippen molar-refractivity contribution in [3.05, 3.63) is 77.1 Å². The van der Waals surface area contributed by atoms with E-state index in [1.807, 2.05) is 48.7 Å². The van der Waals surface area contributed by atoms with Gasteiger partial charge in [0.15, 0.2) is 6.10 Å². The van der Waals surface area contributed by atoms with E-state index in [2.05, 4.69) is 11.1 Å². The lowest BCUT2D eigenvalue weighted by Gasteiger charge is -2.27. The Hall–Kier alpha value is -2.74. The third-order valence-electron chi connectivity index (χ3n) is 8.11. The van der Waals surface area contributed by atoms with Crippen molar-refractivity contribution in [2.75, 3.05) is 26.0 Å². The van der Waals surface area contributed by atoms with Gasteiger partial charge in [-0.05, 0) is 67.1 Å². The number of para-hydroxylation sites is 1. The zero-order valence-corrected chi connectivity index (χ0v) is 26.5. The lowest BCUT2D eigenvalue weighted by molar-refractivity contribution is -0.156. The van der Waals surface area contributed by atoms with Gasteiger partial charge in [0.2, 0.25) is 0 Å². The third kappa shape index (κ3) is 8.16. The summed E-state index contributed by atoms with van der Waals surface area (Å²) in [4.78, 5) is 19.1. The number of thioether (sulfide) groups is 1. The van der Waals surface area contributed by atoms with Gasteiger partial charge in [0.25, 0.3) is 5.91 Å². The molecule has 1 amide bonds. The zero-order chi connectivity index (χ0) is 32.1. The number of ether oxygens (including phenoxy) is 2. The van der Waals surface area contributed by atoms with Crippen LogP contribution in [-0.2, 0) is 21.7 Å². The summed E-state index contributed by atoms with van der Waals surface area (Å²) in [5.74, 6) is 0.524. The first-order valence-electron chi connectivity index (χ1n) is 15.0. The number of hydrogen-bond donors (Lipinski definition) is 5. The SMILES string of the molecule is CN(CCSc1ccc(Cl)c(COC2(c3cnccc3-c3ccccc3OC3CC3)CC2)c1)C(=O)[C@@H](O)[C@@H](O)[C@H](O)[C@@H](O)CO. The number of rotatable bonds is 16. The number of aromatic nitrogens is 1. The van der Waals surface area contributed by atoms with Crippen LogP contribution >= 0.6 is 23.4 Å². The van der Waals surface area contributed by atoms with Crippen LogP contribution in [0.5, 0.6) is 5.75 Å². The molecule has 2 aliphatic carbocycles. The van der Waals surface area contributed by atoms with Crippen molar-refractivity contribution in [2.24, 2.45) is 0 Å². The molecule has 0 unspecified atom stereocenters. The molecule has 45 heavy (non-hydrogen) atoms. The molecule has 242 valence electrons. The van der Waals surface area contributed by atoms with E-state index in [9.17, 15) is 25.2 Å². The second-order valence-electron chi connectivity index (χ2n) is 11.6. The Morgan fingerprint density at radius 2 is 1.84 bits per heavy atom. The fraction of sp³-hybridized carbons (Fsp3) is 0.455. The van der Waals surface area contributed by atoms with Crippen molar-refractivity contribution in [1.29, 1.82) is 0 Å². The molecule has 2 fully saturated rings. The lowest BCUT2D eigenvalue weighted by atomic mass is 9.96. The molecule has 0 bridgehead atoms. The minimum Gasteiger partial charge on any atom is -0.490 e. The number of pyridine rings is 1. The van der Waals surface area contributed by atoms with E-state index in [0.717, 1.165) is 58.6 Å². The molecule has 0 radical (unpaired) electrons. The molecule has 0 saturated heterocycles. The van der Waals surface area contributed by atoms with Gasteiger partial charge in [0.05, 0.1) is 24.9 Å². The number of nitrogens with zero attached hydrogens (tertiary/aromatic N) is 2. The second-order valence-corrected chi connectivity index (χ2v) is 13.1. The number of carbonyl (C=O) groups is 1. The fourth-order valence-electron chi connectivity index (χ4n) is 5.03. The van der Waals surface area contributed by atoms with Crippen LogP contribution in [0.2, 0.25) is 5.02 Å². The molecular weight excluding hydrogens is 620 g/mol. The predicted molar refractivity (Wildman–Crippen MR) is 170 cm³/mol. The summed E-state index contributed by atoms with van der Waals surface area (Å²) in [6.07, 6.45) is 0.372. The van der Waals surface area contributed by atoms with Gasteiger partial charge in [-0.3, -0.25) is 9.78 Å². The van der Waals surface area contributed by atoms with E-state index in [1.54, 1.807) is 6.20 Å². The minimum absolute atomic E-state index is 0.235. The maximum Gasteiger partial charge on any atom is 0.253 e. The summed E-state index contributed by atoms with van der Waals surface area (Å²) in [7, 11) is 1.47. The Labute approximate surface area is 271 Å². The monoisotopic (exact) mass is 658 g/mol. The average Bonchev–Trinajstić information content (AvgIpc) is 4.01. The van der Waals surface area contributed by atoms with Crippen LogP contribution < -0.4 is 4.74 Å². The van der Waals surface area contributed by atoms with Gasteiger partial charge in [-0.2, -0.15) is 0 Å².